The van der Waals surface area contributed by atoms with Crippen molar-refractivity contribution in [3.05, 3.63) is 76.8 Å². The van der Waals surface area contributed by atoms with Gasteiger partial charge in [-0.2, -0.15) is 10.1 Å². The van der Waals surface area contributed by atoms with Gasteiger partial charge in [0.2, 0.25) is 5.88 Å². The van der Waals surface area contributed by atoms with E-state index in [0.717, 1.165) is 11.4 Å². The van der Waals surface area contributed by atoms with Gasteiger partial charge in [-0.15, -0.1) is 0 Å². The normalized spacial score (nSPS) is 10.6. The molecule has 0 atom stereocenters. The van der Waals surface area contributed by atoms with E-state index in [-0.39, 0.29) is 0 Å². The van der Waals surface area contributed by atoms with Gasteiger partial charge in [0.15, 0.2) is 5.82 Å². The van der Waals surface area contributed by atoms with Gasteiger partial charge in [0.1, 0.15) is 17.3 Å². The van der Waals surface area contributed by atoms with Crippen LogP contribution in [0.25, 0.3) is 5.82 Å². The number of carbonyl (C=O) groups excluding carboxylic acids is 1. The summed E-state index contributed by atoms with van der Waals surface area (Å²) in [6.45, 7) is 5.68. The Bertz CT molecular complexity index is 1340. The van der Waals surface area contributed by atoms with Crippen LogP contribution in [0.2, 0.25) is 5.02 Å². The summed E-state index contributed by atoms with van der Waals surface area (Å²) in [6.07, 6.45) is 0. The third kappa shape index (κ3) is 5.44. The first-order chi connectivity index (χ1) is 16.3. The molecule has 0 saturated carbocycles. The van der Waals surface area contributed by atoms with E-state index in [1.54, 1.807) is 60.1 Å². The predicted octanol–water partition coefficient (Wildman–Crippen LogP) is 5.69. The first-order valence-corrected chi connectivity index (χ1v) is 10.8. The number of amides is 2. The van der Waals surface area contributed by atoms with Crippen LogP contribution in [0, 0.1) is 20.8 Å². The molecule has 0 unspecified atom stereocenters. The number of rotatable bonds is 6. The number of nitrogens with one attached hydrogen (secondary N) is 2. The maximum atomic E-state index is 12.4. The number of urea groups is 1. The molecular formula is C24H23ClN6O3. The molecule has 0 saturated heterocycles. The summed E-state index contributed by atoms with van der Waals surface area (Å²) in [5.74, 6) is 2.63. The zero-order valence-corrected chi connectivity index (χ0v) is 19.8. The first-order valence-electron chi connectivity index (χ1n) is 10.4. The number of ether oxygens (including phenoxy) is 2. The standard InChI is InChI=1S/C24H23ClN6O3/c1-14-11-15(2)31(30-14)22-13-23(27-16(3)26-22)34-19-8-6-18(7-9-19)28-24(32)29-20-12-17(25)5-10-21(20)33-4/h5-13H,1-4H3,(H2,28,29,32). The topological polar surface area (TPSA) is 103 Å². The van der Waals surface area contributed by atoms with Crippen molar-refractivity contribution in [1.29, 1.82) is 0 Å². The smallest absolute Gasteiger partial charge is 0.323 e. The van der Waals surface area contributed by atoms with Crippen molar-refractivity contribution >= 4 is 29.0 Å². The second-order valence-corrected chi connectivity index (χ2v) is 7.94. The number of aryl methyl sites for hydroxylation is 3. The first kappa shape index (κ1) is 23.1. The summed E-state index contributed by atoms with van der Waals surface area (Å²) in [6, 6.07) is 15.1. The Kier molecular flexibility index (Phi) is 6.65. The molecule has 174 valence electrons. The number of benzene rings is 2. The van der Waals surface area contributed by atoms with Crippen LogP contribution in [-0.4, -0.2) is 32.9 Å². The lowest BCUT2D eigenvalue weighted by Crippen LogP contribution is -2.19. The van der Waals surface area contributed by atoms with Crippen LogP contribution in [0.4, 0.5) is 16.2 Å². The van der Waals surface area contributed by atoms with Crippen molar-refractivity contribution in [2.24, 2.45) is 0 Å². The fourth-order valence-electron chi connectivity index (χ4n) is 3.34. The van der Waals surface area contributed by atoms with Crippen LogP contribution >= 0.6 is 11.6 Å². The van der Waals surface area contributed by atoms with Crippen LogP contribution in [0.3, 0.4) is 0 Å². The number of halogens is 1. The molecule has 0 radical (unpaired) electrons. The Morgan fingerprint density at radius 2 is 1.74 bits per heavy atom. The molecule has 0 aliphatic carbocycles. The number of hydrogen-bond donors (Lipinski definition) is 2. The molecule has 2 amide bonds. The zero-order chi connectivity index (χ0) is 24.2. The van der Waals surface area contributed by atoms with Crippen molar-refractivity contribution in [1.82, 2.24) is 19.7 Å². The van der Waals surface area contributed by atoms with Gasteiger partial charge < -0.3 is 20.1 Å². The Morgan fingerprint density at radius 1 is 0.971 bits per heavy atom. The number of methoxy groups -OCH3 is 1. The number of anilines is 2. The number of nitrogens with zero attached hydrogens (tertiary/aromatic N) is 4. The number of aromatic nitrogens is 4. The van der Waals surface area contributed by atoms with Crippen LogP contribution in [0.15, 0.2) is 54.6 Å². The average molecular weight is 479 g/mol. The third-order valence-corrected chi connectivity index (χ3v) is 5.01. The van der Waals surface area contributed by atoms with Crippen LogP contribution in [-0.2, 0) is 0 Å². The van der Waals surface area contributed by atoms with Crippen molar-refractivity contribution in [2.45, 2.75) is 20.8 Å². The second kappa shape index (κ2) is 9.80. The molecule has 10 heteroatoms. The zero-order valence-electron chi connectivity index (χ0n) is 19.1. The lowest BCUT2D eigenvalue weighted by Gasteiger charge is -2.12. The van der Waals surface area contributed by atoms with Gasteiger partial charge in [-0.1, -0.05) is 11.6 Å². The summed E-state index contributed by atoms with van der Waals surface area (Å²) < 4.78 is 12.9. The Morgan fingerprint density at radius 3 is 2.41 bits per heavy atom. The lowest BCUT2D eigenvalue weighted by molar-refractivity contribution is 0.262. The monoisotopic (exact) mass is 478 g/mol. The highest BCUT2D eigenvalue weighted by molar-refractivity contribution is 6.31. The average Bonchev–Trinajstić information content (AvgIpc) is 3.13. The minimum absolute atomic E-state index is 0.390. The molecule has 0 fully saturated rings. The summed E-state index contributed by atoms with van der Waals surface area (Å²) in [5, 5.41) is 10.4. The third-order valence-electron chi connectivity index (χ3n) is 4.77. The van der Waals surface area contributed by atoms with E-state index in [2.05, 4.69) is 25.7 Å². The Hall–Kier alpha value is -4.11. The molecule has 0 aliphatic heterocycles. The van der Waals surface area contributed by atoms with E-state index < -0.39 is 6.03 Å². The van der Waals surface area contributed by atoms with E-state index in [0.29, 0.717) is 45.4 Å². The van der Waals surface area contributed by atoms with Gasteiger partial charge in [0.05, 0.1) is 18.5 Å². The van der Waals surface area contributed by atoms with Crippen molar-refractivity contribution in [3.8, 4) is 23.2 Å². The summed E-state index contributed by atoms with van der Waals surface area (Å²) in [5.41, 5.74) is 2.90. The Labute approximate surface area is 201 Å². The van der Waals surface area contributed by atoms with Crippen LogP contribution in [0.1, 0.15) is 17.2 Å². The molecule has 2 N–H and O–H groups in total. The molecule has 2 aromatic carbocycles. The van der Waals surface area contributed by atoms with E-state index >= 15 is 0 Å². The van der Waals surface area contributed by atoms with Gasteiger partial charge in [0, 0.05) is 22.5 Å². The second-order valence-electron chi connectivity index (χ2n) is 7.50. The van der Waals surface area contributed by atoms with Gasteiger partial charge in [-0.05, 0) is 69.3 Å². The van der Waals surface area contributed by atoms with Crippen LogP contribution in [0.5, 0.6) is 17.4 Å². The number of hydrogen-bond acceptors (Lipinski definition) is 6. The molecule has 4 rings (SSSR count). The maximum absolute atomic E-state index is 12.4. The molecule has 2 aromatic heterocycles. The van der Waals surface area contributed by atoms with E-state index in [4.69, 9.17) is 21.1 Å². The largest absolute Gasteiger partial charge is 0.495 e. The quantitative estimate of drug-likeness (QED) is 0.369. The predicted molar refractivity (Wildman–Crippen MR) is 131 cm³/mol. The van der Waals surface area contributed by atoms with Gasteiger partial charge >= 0.3 is 6.03 Å². The molecule has 4 aromatic rings. The molecule has 34 heavy (non-hydrogen) atoms. The fraction of sp³-hybridized carbons (Fsp3) is 0.167. The molecule has 0 aliphatic rings. The molecule has 9 nitrogen and oxygen atoms in total. The highest BCUT2D eigenvalue weighted by atomic mass is 35.5. The van der Waals surface area contributed by atoms with Crippen molar-refractivity contribution in [2.75, 3.05) is 17.7 Å². The van der Waals surface area contributed by atoms with Gasteiger partial charge in [-0.25, -0.2) is 14.5 Å². The molecule has 0 bridgehead atoms. The van der Waals surface area contributed by atoms with Crippen molar-refractivity contribution < 1.29 is 14.3 Å². The minimum atomic E-state index is -0.435. The molecule has 0 spiro atoms. The fourth-order valence-corrected chi connectivity index (χ4v) is 3.51. The van der Waals surface area contributed by atoms with E-state index in [1.165, 1.54) is 7.11 Å². The summed E-state index contributed by atoms with van der Waals surface area (Å²) in [7, 11) is 1.52. The highest BCUT2D eigenvalue weighted by Crippen LogP contribution is 2.28. The molecular weight excluding hydrogens is 456 g/mol. The van der Waals surface area contributed by atoms with Gasteiger partial charge in [0.25, 0.3) is 0 Å². The maximum Gasteiger partial charge on any atom is 0.323 e. The summed E-state index contributed by atoms with van der Waals surface area (Å²) in [4.78, 5) is 21.2. The van der Waals surface area contributed by atoms with Crippen LogP contribution < -0.4 is 20.1 Å². The lowest BCUT2D eigenvalue weighted by atomic mass is 10.3. The molecule has 2 heterocycles. The van der Waals surface area contributed by atoms with Gasteiger partial charge in [-0.3, -0.25) is 0 Å². The minimum Gasteiger partial charge on any atom is -0.495 e. The van der Waals surface area contributed by atoms with E-state index in [1.807, 2.05) is 19.9 Å². The SMILES string of the molecule is COc1ccc(Cl)cc1NC(=O)Nc1ccc(Oc2cc(-n3nc(C)cc3C)nc(C)n2)cc1. The highest BCUT2D eigenvalue weighted by Gasteiger charge is 2.11. The van der Waals surface area contributed by atoms with Crippen molar-refractivity contribution in [3.63, 3.8) is 0 Å². The van der Waals surface area contributed by atoms with E-state index in [9.17, 15) is 4.79 Å². The Balaban J connectivity index is 1.44. The number of carbonyl (C=O) groups is 1. The summed E-state index contributed by atoms with van der Waals surface area (Å²) >= 11 is 6.01.